The second-order valence-corrected chi connectivity index (χ2v) is 7.03. The standard InChI is InChI=1S/C19H24FN3O2S/c1-14(2)25-18-8-7-15(11-22-18)12-23-19(24)21-9-10-26-13-16-5-3-4-6-17(16)20/h3-8,11,14H,9-10,12-13H2,1-2H3,(H2,21,23,24). The molecule has 0 spiro atoms. The zero-order valence-electron chi connectivity index (χ0n) is 15.0. The third kappa shape index (κ3) is 7.31. The Labute approximate surface area is 157 Å². The van der Waals surface area contributed by atoms with Crippen LogP contribution in [-0.2, 0) is 12.3 Å². The highest BCUT2D eigenvalue weighted by molar-refractivity contribution is 7.98. The van der Waals surface area contributed by atoms with Crippen molar-refractivity contribution < 1.29 is 13.9 Å². The van der Waals surface area contributed by atoms with E-state index in [2.05, 4.69) is 15.6 Å². The molecule has 2 amide bonds. The summed E-state index contributed by atoms with van der Waals surface area (Å²) in [6.45, 7) is 4.79. The summed E-state index contributed by atoms with van der Waals surface area (Å²) >= 11 is 1.58. The highest BCUT2D eigenvalue weighted by Gasteiger charge is 2.03. The van der Waals surface area contributed by atoms with Gasteiger partial charge < -0.3 is 15.4 Å². The topological polar surface area (TPSA) is 63.2 Å². The summed E-state index contributed by atoms with van der Waals surface area (Å²) in [5.74, 6) is 1.68. The van der Waals surface area contributed by atoms with Gasteiger partial charge in [-0.1, -0.05) is 24.3 Å². The zero-order valence-corrected chi connectivity index (χ0v) is 15.8. The molecule has 0 atom stereocenters. The van der Waals surface area contributed by atoms with E-state index in [1.54, 1.807) is 36.2 Å². The Kier molecular flexibility index (Phi) is 8.21. The number of pyridine rings is 1. The number of benzene rings is 1. The summed E-state index contributed by atoms with van der Waals surface area (Å²) in [5.41, 5.74) is 1.57. The molecule has 2 aromatic rings. The monoisotopic (exact) mass is 377 g/mol. The maximum Gasteiger partial charge on any atom is 0.315 e. The molecule has 0 aliphatic rings. The number of nitrogens with zero attached hydrogens (tertiary/aromatic N) is 1. The molecule has 7 heteroatoms. The lowest BCUT2D eigenvalue weighted by atomic mass is 10.2. The van der Waals surface area contributed by atoms with Crippen molar-refractivity contribution in [2.75, 3.05) is 12.3 Å². The average Bonchev–Trinajstić information content (AvgIpc) is 2.62. The number of rotatable bonds is 9. The Bertz CT molecular complexity index is 695. The quantitative estimate of drug-likeness (QED) is 0.654. The Hall–Kier alpha value is -2.28. The lowest BCUT2D eigenvalue weighted by Crippen LogP contribution is -2.36. The van der Waals surface area contributed by atoms with Crippen molar-refractivity contribution in [3.8, 4) is 5.88 Å². The van der Waals surface area contributed by atoms with E-state index in [1.165, 1.54) is 6.07 Å². The van der Waals surface area contributed by atoms with E-state index in [0.29, 0.717) is 36.0 Å². The van der Waals surface area contributed by atoms with E-state index in [0.717, 1.165) is 5.56 Å². The van der Waals surface area contributed by atoms with Crippen LogP contribution >= 0.6 is 11.8 Å². The minimum absolute atomic E-state index is 0.0773. The molecule has 0 unspecified atom stereocenters. The molecule has 140 valence electrons. The third-order valence-electron chi connectivity index (χ3n) is 3.35. The highest BCUT2D eigenvalue weighted by Crippen LogP contribution is 2.14. The molecule has 0 saturated heterocycles. The first-order valence-corrected chi connectivity index (χ1v) is 9.64. The summed E-state index contributed by atoms with van der Waals surface area (Å²) in [5, 5.41) is 5.56. The number of amides is 2. The van der Waals surface area contributed by atoms with Crippen LogP contribution in [0.25, 0.3) is 0 Å². The molecule has 0 aliphatic heterocycles. The van der Waals surface area contributed by atoms with Crippen LogP contribution in [0.5, 0.6) is 5.88 Å². The smallest absolute Gasteiger partial charge is 0.315 e. The lowest BCUT2D eigenvalue weighted by Gasteiger charge is -2.10. The number of hydrogen-bond donors (Lipinski definition) is 2. The van der Waals surface area contributed by atoms with Crippen LogP contribution in [0.4, 0.5) is 9.18 Å². The minimum Gasteiger partial charge on any atom is -0.475 e. The van der Waals surface area contributed by atoms with Gasteiger partial charge in [0.15, 0.2) is 0 Å². The second-order valence-electron chi connectivity index (χ2n) is 5.92. The van der Waals surface area contributed by atoms with Crippen LogP contribution in [0.2, 0.25) is 0 Å². The van der Waals surface area contributed by atoms with Crippen molar-refractivity contribution in [2.24, 2.45) is 0 Å². The maximum absolute atomic E-state index is 13.5. The second kappa shape index (κ2) is 10.7. The Morgan fingerprint density at radius 1 is 1.23 bits per heavy atom. The number of hydrogen-bond acceptors (Lipinski definition) is 4. The number of carbonyl (C=O) groups is 1. The predicted molar refractivity (Wildman–Crippen MR) is 103 cm³/mol. The van der Waals surface area contributed by atoms with Crippen molar-refractivity contribution in [3.63, 3.8) is 0 Å². The predicted octanol–water partition coefficient (Wildman–Crippen LogP) is 3.74. The van der Waals surface area contributed by atoms with E-state index in [4.69, 9.17) is 4.74 Å². The molecule has 0 bridgehead atoms. The molecular formula is C19H24FN3O2S. The molecule has 0 radical (unpaired) electrons. The zero-order chi connectivity index (χ0) is 18.8. The Balaban J connectivity index is 1.59. The first-order valence-electron chi connectivity index (χ1n) is 8.49. The minimum atomic E-state index is -0.237. The first-order chi connectivity index (χ1) is 12.5. The number of aromatic nitrogens is 1. The van der Waals surface area contributed by atoms with Gasteiger partial charge in [-0.3, -0.25) is 0 Å². The van der Waals surface area contributed by atoms with Gasteiger partial charge in [-0.2, -0.15) is 11.8 Å². The van der Waals surface area contributed by atoms with Crippen molar-refractivity contribution in [1.82, 2.24) is 15.6 Å². The highest BCUT2D eigenvalue weighted by atomic mass is 32.2. The maximum atomic E-state index is 13.5. The van der Waals surface area contributed by atoms with Crippen molar-refractivity contribution in [1.29, 1.82) is 0 Å². The van der Waals surface area contributed by atoms with Crippen LogP contribution in [-0.4, -0.2) is 29.4 Å². The number of halogens is 1. The first kappa shape index (κ1) is 20.0. The van der Waals surface area contributed by atoms with E-state index in [1.807, 2.05) is 26.0 Å². The summed E-state index contributed by atoms with van der Waals surface area (Å²) in [7, 11) is 0. The van der Waals surface area contributed by atoms with Gasteiger partial charge in [0.1, 0.15) is 5.82 Å². The molecule has 1 heterocycles. The molecule has 1 aromatic carbocycles. The lowest BCUT2D eigenvalue weighted by molar-refractivity contribution is 0.232. The normalized spacial score (nSPS) is 10.6. The molecule has 1 aromatic heterocycles. The van der Waals surface area contributed by atoms with Gasteiger partial charge in [0.25, 0.3) is 0 Å². The van der Waals surface area contributed by atoms with Crippen LogP contribution in [0.1, 0.15) is 25.0 Å². The average molecular weight is 377 g/mol. The molecule has 26 heavy (non-hydrogen) atoms. The van der Waals surface area contributed by atoms with Gasteiger partial charge in [-0.25, -0.2) is 14.2 Å². The number of ether oxygens (including phenoxy) is 1. The molecule has 2 rings (SSSR count). The summed E-state index contributed by atoms with van der Waals surface area (Å²) in [4.78, 5) is 16.0. The molecule has 0 fully saturated rings. The fraction of sp³-hybridized carbons (Fsp3) is 0.368. The van der Waals surface area contributed by atoms with E-state index < -0.39 is 0 Å². The third-order valence-corrected chi connectivity index (χ3v) is 4.36. The number of nitrogens with one attached hydrogen (secondary N) is 2. The number of carbonyl (C=O) groups excluding carboxylic acids is 1. The van der Waals surface area contributed by atoms with Crippen LogP contribution in [0.15, 0.2) is 42.6 Å². The molecule has 5 nitrogen and oxygen atoms in total. The van der Waals surface area contributed by atoms with Gasteiger partial charge >= 0.3 is 6.03 Å². The number of urea groups is 1. The van der Waals surface area contributed by atoms with E-state index >= 15 is 0 Å². The molecule has 2 N–H and O–H groups in total. The molecule has 0 saturated carbocycles. The summed E-state index contributed by atoms with van der Waals surface area (Å²) in [6, 6.07) is 10.1. The molecule has 0 aliphatic carbocycles. The molecular weight excluding hydrogens is 353 g/mol. The number of thioether (sulfide) groups is 1. The summed E-state index contributed by atoms with van der Waals surface area (Å²) in [6.07, 6.45) is 1.76. The van der Waals surface area contributed by atoms with E-state index in [-0.39, 0.29) is 18.0 Å². The van der Waals surface area contributed by atoms with Crippen molar-refractivity contribution >= 4 is 17.8 Å². The van der Waals surface area contributed by atoms with Gasteiger partial charge in [0.2, 0.25) is 5.88 Å². The fourth-order valence-corrected chi connectivity index (χ4v) is 2.95. The summed E-state index contributed by atoms with van der Waals surface area (Å²) < 4.78 is 18.9. The van der Waals surface area contributed by atoms with E-state index in [9.17, 15) is 9.18 Å². The van der Waals surface area contributed by atoms with Gasteiger partial charge in [-0.05, 0) is 31.0 Å². The van der Waals surface area contributed by atoms with Crippen molar-refractivity contribution in [2.45, 2.75) is 32.2 Å². The van der Waals surface area contributed by atoms with Gasteiger partial charge in [0.05, 0.1) is 6.10 Å². The van der Waals surface area contributed by atoms with Crippen LogP contribution in [0.3, 0.4) is 0 Å². The van der Waals surface area contributed by atoms with Crippen LogP contribution in [0, 0.1) is 5.82 Å². The Morgan fingerprint density at radius 3 is 2.73 bits per heavy atom. The van der Waals surface area contributed by atoms with Gasteiger partial charge in [-0.15, -0.1) is 0 Å². The van der Waals surface area contributed by atoms with Crippen LogP contribution < -0.4 is 15.4 Å². The SMILES string of the molecule is CC(C)Oc1ccc(CNC(=O)NCCSCc2ccccc2F)cn1. The fourth-order valence-electron chi connectivity index (χ4n) is 2.11. The largest absolute Gasteiger partial charge is 0.475 e. The van der Waals surface area contributed by atoms with Crippen molar-refractivity contribution in [3.05, 3.63) is 59.5 Å². The van der Waals surface area contributed by atoms with Gasteiger partial charge in [0, 0.05) is 36.9 Å². The Morgan fingerprint density at radius 2 is 2.04 bits per heavy atom.